The molecule has 2 N–H and O–H groups in total. The number of β-lactam (4-membered cyclic amide) rings is 1. The number of carbonyl (C=O) groups is 3. The minimum Gasteiger partial charge on any atom is -0.447 e. The molecule has 0 radical (unpaired) electrons. The standard InChI is InChI=1S/C19H28N4O6/c1-12(24)14(21-17(27)29-18(2,3)4)15(25)23-8-5-6-19(23)11-22(16(19)26)10-13-20-7-9-28-13/h7,9,12,14,24H,5-6,8,10-11H2,1-4H3,(H,21,27). The fourth-order valence-electron chi connectivity index (χ4n) is 3.86. The number of hydrogen-bond donors (Lipinski definition) is 2. The summed E-state index contributed by atoms with van der Waals surface area (Å²) in [6.07, 6.45) is 2.22. The Morgan fingerprint density at radius 2 is 2.17 bits per heavy atom. The lowest BCUT2D eigenvalue weighted by Crippen LogP contribution is -2.74. The van der Waals surface area contributed by atoms with Gasteiger partial charge in [-0.05, 0) is 40.5 Å². The number of aromatic nitrogens is 1. The van der Waals surface area contributed by atoms with Crippen LogP contribution in [0.2, 0.25) is 0 Å². The predicted molar refractivity (Wildman–Crippen MR) is 100 cm³/mol. The molecule has 2 fully saturated rings. The predicted octanol–water partition coefficient (Wildman–Crippen LogP) is 0.652. The molecular formula is C19H28N4O6. The second-order valence-electron chi connectivity index (χ2n) is 8.58. The van der Waals surface area contributed by atoms with Crippen molar-refractivity contribution in [1.29, 1.82) is 0 Å². The topological polar surface area (TPSA) is 125 Å². The molecule has 160 valence electrons. The average Bonchev–Trinajstić information content (AvgIpc) is 3.27. The van der Waals surface area contributed by atoms with E-state index in [9.17, 15) is 19.5 Å². The summed E-state index contributed by atoms with van der Waals surface area (Å²) in [5.41, 5.74) is -1.68. The summed E-state index contributed by atoms with van der Waals surface area (Å²) in [5, 5.41) is 12.6. The molecule has 10 nitrogen and oxygen atoms in total. The summed E-state index contributed by atoms with van der Waals surface area (Å²) in [6.45, 7) is 7.52. The van der Waals surface area contributed by atoms with Crippen molar-refractivity contribution < 1.29 is 28.6 Å². The van der Waals surface area contributed by atoms with Crippen LogP contribution in [-0.4, -0.2) is 74.2 Å². The summed E-state index contributed by atoms with van der Waals surface area (Å²) in [7, 11) is 0. The maximum atomic E-state index is 13.2. The highest BCUT2D eigenvalue weighted by molar-refractivity contribution is 5.99. The minimum absolute atomic E-state index is 0.178. The molecule has 0 saturated carbocycles. The van der Waals surface area contributed by atoms with E-state index in [1.54, 1.807) is 25.7 Å². The van der Waals surface area contributed by atoms with Gasteiger partial charge in [-0.3, -0.25) is 9.59 Å². The number of aliphatic hydroxyl groups is 1. The molecule has 0 aromatic carbocycles. The van der Waals surface area contributed by atoms with E-state index in [-0.39, 0.29) is 12.5 Å². The maximum absolute atomic E-state index is 13.2. The molecule has 3 amide bonds. The zero-order valence-corrected chi connectivity index (χ0v) is 17.2. The molecule has 10 heteroatoms. The Morgan fingerprint density at radius 3 is 2.72 bits per heavy atom. The van der Waals surface area contributed by atoms with Crippen LogP contribution in [-0.2, 0) is 20.9 Å². The van der Waals surface area contributed by atoms with E-state index in [1.807, 2.05) is 0 Å². The van der Waals surface area contributed by atoms with Gasteiger partial charge in [0.1, 0.15) is 23.4 Å². The van der Waals surface area contributed by atoms with E-state index in [1.165, 1.54) is 24.3 Å². The van der Waals surface area contributed by atoms with E-state index in [4.69, 9.17) is 9.15 Å². The quantitative estimate of drug-likeness (QED) is 0.685. The number of ether oxygens (including phenoxy) is 1. The SMILES string of the molecule is CC(O)C(NC(=O)OC(C)(C)C)C(=O)N1CCCC12CN(Cc1ncco1)C2=O. The number of hydrogen-bond acceptors (Lipinski definition) is 7. The van der Waals surface area contributed by atoms with Gasteiger partial charge in [-0.2, -0.15) is 0 Å². The van der Waals surface area contributed by atoms with E-state index in [2.05, 4.69) is 10.3 Å². The third-order valence-electron chi connectivity index (χ3n) is 5.12. The molecule has 1 aromatic rings. The van der Waals surface area contributed by atoms with E-state index in [0.29, 0.717) is 31.8 Å². The number of aliphatic hydroxyl groups excluding tert-OH is 1. The molecule has 2 aliphatic rings. The largest absolute Gasteiger partial charge is 0.447 e. The molecule has 0 bridgehead atoms. The van der Waals surface area contributed by atoms with Crippen LogP contribution in [0.4, 0.5) is 4.79 Å². The number of carbonyl (C=O) groups excluding carboxylic acids is 3. The molecule has 3 heterocycles. The van der Waals surface area contributed by atoms with Crippen molar-refractivity contribution in [3.05, 3.63) is 18.4 Å². The van der Waals surface area contributed by atoms with Crippen molar-refractivity contribution >= 4 is 17.9 Å². The van der Waals surface area contributed by atoms with Gasteiger partial charge in [0, 0.05) is 6.54 Å². The lowest BCUT2D eigenvalue weighted by Gasteiger charge is -2.51. The van der Waals surface area contributed by atoms with E-state index >= 15 is 0 Å². The van der Waals surface area contributed by atoms with Gasteiger partial charge in [0.05, 0.1) is 25.4 Å². The van der Waals surface area contributed by atoms with Crippen LogP contribution >= 0.6 is 0 Å². The fourth-order valence-corrected chi connectivity index (χ4v) is 3.86. The molecule has 1 aromatic heterocycles. The van der Waals surface area contributed by atoms with Gasteiger partial charge in [0.15, 0.2) is 0 Å². The number of alkyl carbamates (subject to hydrolysis) is 1. The highest BCUT2D eigenvalue weighted by Crippen LogP contribution is 2.40. The molecule has 3 rings (SSSR count). The summed E-state index contributed by atoms with van der Waals surface area (Å²) >= 11 is 0. The average molecular weight is 408 g/mol. The van der Waals surface area contributed by atoms with Crippen LogP contribution in [0.5, 0.6) is 0 Å². The maximum Gasteiger partial charge on any atom is 0.408 e. The zero-order valence-electron chi connectivity index (χ0n) is 17.2. The van der Waals surface area contributed by atoms with Gasteiger partial charge >= 0.3 is 6.09 Å². The van der Waals surface area contributed by atoms with Crippen LogP contribution in [0.1, 0.15) is 46.4 Å². The number of rotatable bonds is 5. The first kappa shape index (κ1) is 21.1. The van der Waals surface area contributed by atoms with Crippen LogP contribution < -0.4 is 5.32 Å². The second kappa shape index (κ2) is 7.66. The van der Waals surface area contributed by atoms with Gasteiger partial charge in [-0.15, -0.1) is 0 Å². The van der Waals surface area contributed by atoms with Crippen LogP contribution in [0.25, 0.3) is 0 Å². The Labute approximate surface area is 169 Å². The highest BCUT2D eigenvalue weighted by atomic mass is 16.6. The summed E-state index contributed by atoms with van der Waals surface area (Å²) < 4.78 is 10.4. The van der Waals surface area contributed by atoms with Crippen LogP contribution in [0, 0.1) is 0 Å². The first-order chi connectivity index (χ1) is 13.5. The van der Waals surface area contributed by atoms with Crippen LogP contribution in [0.3, 0.4) is 0 Å². The number of nitrogens with one attached hydrogen (secondary N) is 1. The van der Waals surface area contributed by atoms with Gasteiger partial charge in [-0.25, -0.2) is 9.78 Å². The smallest absolute Gasteiger partial charge is 0.408 e. The van der Waals surface area contributed by atoms with Gasteiger partial charge in [0.25, 0.3) is 5.91 Å². The fraction of sp³-hybridized carbons (Fsp3) is 0.684. The summed E-state index contributed by atoms with van der Waals surface area (Å²) in [6, 6.07) is -1.20. The number of amides is 3. The lowest BCUT2D eigenvalue weighted by molar-refractivity contribution is -0.170. The molecule has 3 unspecified atom stereocenters. The summed E-state index contributed by atoms with van der Waals surface area (Å²) in [4.78, 5) is 45.3. The monoisotopic (exact) mass is 408 g/mol. The van der Waals surface area contributed by atoms with Crippen molar-refractivity contribution in [2.24, 2.45) is 0 Å². The first-order valence-electron chi connectivity index (χ1n) is 9.70. The lowest BCUT2D eigenvalue weighted by atomic mass is 9.85. The Bertz CT molecular complexity index is 772. The third-order valence-corrected chi connectivity index (χ3v) is 5.12. The molecule has 0 aliphatic carbocycles. The normalized spacial score (nSPS) is 23.7. The van der Waals surface area contributed by atoms with Crippen molar-refractivity contribution in [3.8, 4) is 0 Å². The molecule has 2 saturated heterocycles. The minimum atomic E-state index is -1.20. The number of nitrogens with zero attached hydrogens (tertiary/aromatic N) is 3. The van der Waals surface area contributed by atoms with Crippen molar-refractivity contribution in [1.82, 2.24) is 20.1 Å². The Hall–Kier alpha value is -2.62. The van der Waals surface area contributed by atoms with E-state index in [0.717, 1.165) is 0 Å². The Balaban J connectivity index is 1.69. The first-order valence-corrected chi connectivity index (χ1v) is 9.70. The Kier molecular flexibility index (Phi) is 5.57. The zero-order chi connectivity index (χ0) is 21.4. The molecule has 1 spiro atoms. The van der Waals surface area contributed by atoms with Gasteiger partial charge in [0.2, 0.25) is 11.8 Å². The molecule has 3 atom stereocenters. The molecule has 2 aliphatic heterocycles. The third kappa shape index (κ3) is 4.21. The second-order valence-corrected chi connectivity index (χ2v) is 8.58. The van der Waals surface area contributed by atoms with Crippen molar-refractivity contribution in [3.63, 3.8) is 0 Å². The van der Waals surface area contributed by atoms with E-state index < -0.39 is 35.3 Å². The highest BCUT2D eigenvalue weighted by Gasteiger charge is 2.60. The van der Waals surface area contributed by atoms with Crippen molar-refractivity contribution in [2.45, 2.75) is 70.4 Å². The van der Waals surface area contributed by atoms with Crippen LogP contribution in [0.15, 0.2) is 16.9 Å². The molecular weight excluding hydrogens is 380 g/mol. The number of likely N-dealkylation sites (tertiary alicyclic amines) is 2. The summed E-state index contributed by atoms with van der Waals surface area (Å²) in [5.74, 6) is -0.242. The molecule has 29 heavy (non-hydrogen) atoms. The number of oxazole rings is 1. The van der Waals surface area contributed by atoms with Gasteiger partial charge in [-0.1, -0.05) is 0 Å². The van der Waals surface area contributed by atoms with Gasteiger partial charge < -0.3 is 29.4 Å². The van der Waals surface area contributed by atoms with Crippen molar-refractivity contribution in [2.75, 3.05) is 13.1 Å². The Morgan fingerprint density at radius 1 is 1.45 bits per heavy atom.